The first kappa shape index (κ1) is 25.7. The van der Waals surface area contributed by atoms with E-state index in [-0.39, 0.29) is 17.9 Å². The molecule has 3 amide bonds. The minimum Gasteiger partial charge on any atom is -0.507 e. The number of aliphatic carboxylic acids is 1. The van der Waals surface area contributed by atoms with Crippen LogP contribution in [0, 0.1) is 6.92 Å². The molecule has 6 N–H and O–H groups in total. The number of carbonyl (C=O) groups is 3. The van der Waals surface area contributed by atoms with Crippen molar-refractivity contribution >= 4 is 29.5 Å². The highest BCUT2D eigenvalue weighted by atomic mass is 16.5. The number of phenols is 1. The molecule has 0 saturated heterocycles. The number of aromatic nitrogens is 2. The number of hydrogen-bond acceptors (Lipinski definition) is 8. The first-order valence-electron chi connectivity index (χ1n) is 10.9. The first-order chi connectivity index (χ1) is 17.3. The Morgan fingerprint density at radius 2 is 1.78 bits per heavy atom. The van der Waals surface area contributed by atoms with Gasteiger partial charge in [-0.15, -0.1) is 0 Å². The Balaban J connectivity index is 1.47. The number of carboxylic acids is 1. The molecule has 0 spiro atoms. The van der Waals surface area contributed by atoms with Crippen LogP contribution in [0.15, 0.2) is 60.9 Å². The third-order valence-corrected chi connectivity index (χ3v) is 4.81. The molecule has 3 aromatic rings. The molecule has 0 fully saturated rings. The summed E-state index contributed by atoms with van der Waals surface area (Å²) in [6.07, 6.45) is 3.21. The van der Waals surface area contributed by atoms with Crippen LogP contribution in [0.1, 0.15) is 15.9 Å². The number of nitrogens with zero attached hydrogens (tertiary/aromatic N) is 2. The Hall–Kier alpha value is -4.87. The maximum absolute atomic E-state index is 12.5. The van der Waals surface area contributed by atoms with E-state index in [0.29, 0.717) is 23.9 Å². The number of carbonyl (C=O) groups excluding carboxylic acids is 2. The molecule has 12 nitrogen and oxygen atoms in total. The molecule has 12 heteroatoms. The second-order valence-corrected chi connectivity index (χ2v) is 7.59. The number of phenolic OH excluding ortho intramolecular Hbond substituents is 1. The van der Waals surface area contributed by atoms with Crippen molar-refractivity contribution in [2.45, 2.75) is 13.0 Å². The minimum atomic E-state index is -1.40. The van der Waals surface area contributed by atoms with Crippen molar-refractivity contribution in [1.82, 2.24) is 20.6 Å². The molecule has 1 atom stereocenters. The SMILES string of the molecule is Cc1ccc(NC(=O)N[C@@H](CNC(=O)c2ccc(OCCNc3ncccn3)cc2O)C(=O)O)cc1. The third-order valence-electron chi connectivity index (χ3n) is 4.81. The van der Waals surface area contributed by atoms with Gasteiger partial charge in [-0.25, -0.2) is 19.6 Å². The summed E-state index contributed by atoms with van der Waals surface area (Å²) in [5.41, 5.74) is 1.42. The van der Waals surface area contributed by atoms with Crippen LogP contribution in [-0.2, 0) is 4.79 Å². The number of aryl methyl sites for hydroxylation is 1. The van der Waals surface area contributed by atoms with E-state index in [1.807, 2.05) is 6.92 Å². The minimum absolute atomic E-state index is 0.0774. The summed E-state index contributed by atoms with van der Waals surface area (Å²) >= 11 is 0. The van der Waals surface area contributed by atoms with Gasteiger partial charge in [-0.2, -0.15) is 0 Å². The van der Waals surface area contributed by atoms with E-state index in [1.165, 1.54) is 18.2 Å². The monoisotopic (exact) mass is 494 g/mol. The number of anilines is 2. The van der Waals surface area contributed by atoms with Crippen molar-refractivity contribution in [1.29, 1.82) is 0 Å². The maximum atomic E-state index is 12.5. The number of benzene rings is 2. The van der Waals surface area contributed by atoms with E-state index in [2.05, 4.69) is 31.2 Å². The van der Waals surface area contributed by atoms with Crippen LogP contribution >= 0.6 is 0 Å². The Morgan fingerprint density at radius 3 is 2.44 bits per heavy atom. The number of hydrogen-bond donors (Lipinski definition) is 6. The second kappa shape index (κ2) is 12.6. The molecule has 0 bridgehead atoms. The highest BCUT2D eigenvalue weighted by Crippen LogP contribution is 2.23. The predicted molar refractivity (Wildman–Crippen MR) is 131 cm³/mol. The molecule has 188 valence electrons. The van der Waals surface area contributed by atoms with Crippen molar-refractivity contribution in [3.8, 4) is 11.5 Å². The van der Waals surface area contributed by atoms with Gasteiger partial charge in [-0.05, 0) is 37.3 Å². The number of carboxylic acid groups (broad SMARTS) is 1. The van der Waals surface area contributed by atoms with Gasteiger partial charge in [-0.1, -0.05) is 17.7 Å². The Kier molecular flexibility index (Phi) is 8.98. The number of aromatic hydroxyl groups is 1. The van der Waals surface area contributed by atoms with Gasteiger partial charge in [-0.3, -0.25) is 4.79 Å². The zero-order valence-electron chi connectivity index (χ0n) is 19.4. The van der Waals surface area contributed by atoms with Crippen molar-refractivity contribution in [3.63, 3.8) is 0 Å². The predicted octanol–water partition coefficient (Wildman–Crippen LogP) is 1.99. The Bertz CT molecular complexity index is 1190. The van der Waals surface area contributed by atoms with Crippen LogP contribution in [0.3, 0.4) is 0 Å². The van der Waals surface area contributed by atoms with Crippen LogP contribution in [0.25, 0.3) is 0 Å². The average molecular weight is 495 g/mol. The summed E-state index contributed by atoms with van der Waals surface area (Å²) in [7, 11) is 0. The number of ether oxygens (including phenoxy) is 1. The fourth-order valence-electron chi connectivity index (χ4n) is 2.97. The Morgan fingerprint density at radius 1 is 1.06 bits per heavy atom. The molecule has 36 heavy (non-hydrogen) atoms. The molecule has 0 unspecified atom stereocenters. The molecular formula is C24H26N6O6. The molecule has 0 saturated carbocycles. The molecule has 1 heterocycles. The van der Waals surface area contributed by atoms with Crippen LogP contribution in [0.4, 0.5) is 16.4 Å². The van der Waals surface area contributed by atoms with E-state index < -0.39 is 30.5 Å². The smallest absolute Gasteiger partial charge is 0.328 e. The zero-order chi connectivity index (χ0) is 25.9. The van der Waals surface area contributed by atoms with Gasteiger partial charge in [0.15, 0.2) is 0 Å². The lowest BCUT2D eigenvalue weighted by Gasteiger charge is -2.16. The van der Waals surface area contributed by atoms with Crippen LogP contribution in [-0.4, -0.2) is 63.8 Å². The standard InChI is InChI=1S/C24H26N6O6/c1-15-3-5-16(6-4-15)29-24(35)30-19(22(33)34)14-28-21(32)18-8-7-17(13-20(18)31)36-12-11-27-23-25-9-2-10-26-23/h2-10,13,19,31H,11-12,14H2,1H3,(H,28,32)(H,33,34)(H,25,26,27)(H2,29,30,35)/t19-/m0/s1. The maximum Gasteiger partial charge on any atom is 0.328 e. The molecule has 0 radical (unpaired) electrons. The lowest BCUT2D eigenvalue weighted by atomic mass is 10.1. The van der Waals surface area contributed by atoms with Crippen LogP contribution < -0.4 is 26.0 Å². The third kappa shape index (κ3) is 7.87. The van der Waals surface area contributed by atoms with Crippen molar-refractivity contribution in [2.75, 3.05) is 30.3 Å². The number of amides is 3. The number of urea groups is 1. The molecule has 0 aliphatic carbocycles. The van der Waals surface area contributed by atoms with E-state index >= 15 is 0 Å². The van der Waals surface area contributed by atoms with Gasteiger partial charge in [0, 0.05) is 30.7 Å². The van der Waals surface area contributed by atoms with E-state index in [0.717, 1.165) is 5.56 Å². The normalized spacial score (nSPS) is 11.1. The summed E-state index contributed by atoms with van der Waals surface area (Å²) in [4.78, 5) is 44.2. The average Bonchev–Trinajstić information content (AvgIpc) is 2.86. The summed E-state index contributed by atoms with van der Waals surface area (Å²) in [5, 5.41) is 29.8. The molecule has 0 aliphatic heterocycles. The van der Waals surface area contributed by atoms with E-state index in [9.17, 15) is 24.6 Å². The van der Waals surface area contributed by atoms with Crippen molar-refractivity contribution < 1.29 is 29.3 Å². The van der Waals surface area contributed by atoms with E-state index in [4.69, 9.17) is 4.74 Å². The van der Waals surface area contributed by atoms with Crippen LogP contribution in [0.2, 0.25) is 0 Å². The Labute approximate surface area is 206 Å². The molecule has 1 aromatic heterocycles. The molecule has 2 aromatic carbocycles. The van der Waals surface area contributed by atoms with Gasteiger partial charge in [0.1, 0.15) is 24.1 Å². The van der Waals surface area contributed by atoms with Gasteiger partial charge >= 0.3 is 12.0 Å². The number of nitrogens with one attached hydrogen (secondary N) is 4. The van der Waals surface area contributed by atoms with Gasteiger partial charge in [0.25, 0.3) is 5.91 Å². The zero-order valence-corrected chi connectivity index (χ0v) is 19.4. The van der Waals surface area contributed by atoms with Crippen LogP contribution in [0.5, 0.6) is 11.5 Å². The molecule has 0 aliphatic rings. The first-order valence-corrected chi connectivity index (χ1v) is 10.9. The second-order valence-electron chi connectivity index (χ2n) is 7.59. The van der Waals surface area contributed by atoms with Gasteiger partial charge in [0.05, 0.1) is 12.1 Å². The van der Waals surface area contributed by atoms with Crippen molar-refractivity contribution in [3.05, 3.63) is 72.1 Å². The lowest BCUT2D eigenvalue weighted by Crippen LogP contribution is -2.49. The topological polar surface area (TPSA) is 175 Å². The lowest BCUT2D eigenvalue weighted by molar-refractivity contribution is -0.138. The summed E-state index contributed by atoms with van der Waals surface area (Å²) in [5.74, 6) is -1.61. The summed E-state index contributed by atoms with van der Waals surface area (Å²) in [6.45, 7) is 2.15. The van der Waals surface area contributed by atoms with Gasteiger partial charge < -0.3 is 36.2 Å². The highest BCUT2D eigenvalue weighted by molar-refractivity contribution is 5.97. The molecule has 3 rings (SSSR count). The summed E-state index contributed by atoms with van der Waals surface area (Å²) < 4.78 is 5.53. The van der Waals surface area contributed by atoms with E-state index in [1.54, 1.807) is 42.7 Å². The van der Waals surface area contributed by atoms with Gasteiger partial charge in [0.2, 0.25) is 5.95 Å². The highest BCUT2D eigenvalue weighted by Gasteiger charge is 2.22. The fourth-order valence-corrected chi connectivity index (χ4v) is 2.97. The quantitative estimate of drug-likeness (QED) is 0.218. The fraction of sp³-hybridized carbons (Fsp3) is 0.208. The van der Waals surface area contributed by atoms with Crippen molar-refractivity contribution in [2.24, 2.45) is 0 Å². The number of rotatable bonds is 11. The largest absolute Gasteiger partial charge is 0.507 e. The molecular weight excluding hydrogens is 468 g/mol. The summed E-state index contributed by atoms with van der Waals surface area (Å²) in [6, 6.07) is 10.6.